The number of hydrogen-bond acceptors (Lipinski definition) is 3. The zero-order valence-corrected chi connectivity index (χ0v) is 5.27. The van der Waals surface area contributed by atoms with E-state index in [0.717, 1.165) is 12.1 Å². The van der Waals surface area contributed by atoms with Crippen LogP contribution in [0.2, 0.25) is 0 Å². The fourth-order valence-electron chi connectivity index (χ4n) is 0.568. The molecule has 0 aliphatic rings. The second kappa shape index (κ2) is 2.45. The van der Waals surface area contributed by atoms with E-state index < -0.39 is 11.9 Å². The van der Waals surface area contributed by atoms with Gasteiger partial charge in [0.1, 0.15) is 0 Å². The summed E-state index contributed by atoms with van der Waals surface area (Å²) in [5, 5.41) is 16.6. The average molecular weight is 162 g/mol. The van der Waals surface area contributed by atoms with E-state index in [1.54, 1.807) is 0 Å². The third-order valence-electron chi connectivity index (χ3n) is 1.03. The zero-order chi connectivity index (χ0) is 8.43. The molecule has 0 aliphatic heterocycles. The van der Waals surface area contributed by atoms with Crippen LogP contribution in [-0.4, -0.2) is 22.2 Å². The Bertz CT molecular complexity index is 269. The highest BCUT2D eigenvalue weighted by atomic mass is 16.6. The van der Waals surface area contributed by atoms with E-state index in [-0.39, 0.29) is 11.5 Å². The molecule has 0 bridgehead atoms. The van der Waals surface area contributed by atoms with E-state index in [9.17, 15) is 9.59 Å². The molecule has 0 aromatic carbocycles. The molecule has 0 spiro atoms. The molecule has 1 aromatic heterocycles. The van der Waals surface area contributed by atoms with E-state index in [0.29, 0.717) is 0 Å². The van der Waals surface area contributed by atoms with Crippen molar-refractivity contribution in [1.82, 2.24) is 0 Å². The van der Waals surface area contributed by atoms with Gasteiger partial charge in [-0.15, -0.1) is 0 Å². The number of aromatic carboxylic acids is 2. The Morgan fingerprint density at radius 3 is 1.64 bits per heavy atom. The van der Waals surface area contributed by atoms with Gasteiger partial charge in [-0.1, -0.05) is 0 Å². The Balaban J connectivity index is 2.99. The van der Waals surface area contributed by atoms with Gasteiger partial charge in [0.05, 0.1) is 0 Å². The summed E-state index contributed by atoms with van der Waals surface area (Å²) in [6.07, 6.45) is 0. The lowest BCUT2D eigenvalue weighted by Crippen LogP contribution is -1.94. The minimum Gasteiger partial charge on any atom is -0.475 e. The maximum atomic E-state index is 10.2. The fourth-order valence-corrected chi connectivity index (χ4v) is 0.568. The summed E-state index contributed by atoms with van der Waals surface area (Å²) >= 11 is 0. The normalized spacial score (nSPS) is 9.45. The Kier molecular flexibility index (Phi) is 1.63. The molecule has 1 rings (SSSR count). The van der Waals surface area contributed by atoms with Crippen molar-refractivity contribution in [2.24, 2.45) is 0 Å². The summed E-state index contributed by atoms with van der Waals surface area (Å²) in [6, 6.07) is 2.18. The lowest BCUT2D eigenvalue weighted by Gasteiger charge is -1.84. The highest BCUT2D eigenvalue weighted by molar-refractivity contribution is 5.88. The summed E-state index contributed by atoms with van der Waals surface area (Å²) in [7, 11) is 0. The lowest BCUT2D eigenvalue weighted by atomic mass is 11.4. The fraction of sp³-hybridized carbons (Fsp3) is 0. The van der Waals surface area contributed by atoms with Gasteiger partial charge in [0, 0.05) is 0 Å². The van der Waals surface area contributed by atoms with E-state index in [2.05, 4.69) is 4.42 Å². The Morgan fingerprint density at radius 2 is 1.45 bits per heavy atom. The summed E-state index contributed by atoms with van der Waals surface area (Å²) in [4.78, 5) is 20.3. The van der Waals surface area contributed by atoms with E-state index in [1.165, 1.54) is 0 Å². The van der Waals surface area contributed by atoms with Crippen LogP contribution in [0.25, 0.3) is 0 Å². The van der Waals surface area contributed by atoms with Crippen molar-refractivity contribution in [1.29, 1.82) is 0 Å². The topological polar surface area (TPSA) is 87.7 Å². The van der Waals surface area contributed by atoms with Gasteiger partial charge >= 0.3 is 11.9 Å². The first-order chi connectivity index (χ1) is 5.11. The van der Waals surface area contributed by atoms with Gasteiger partial charge in [0.2, 0.25) is 11.5 Å². The van der Waals surface area contributed by atoms with Gasteiger partial charge < -0.3 is 14.6 Å². The van der Waals surface area contributed by atoms with E-state index >= 15 is 0 Å². The smallest absolute Gasteiger partial charge is 0.371 e. The summed E-state index contributed by atoms with van der Waals surface area (Å²) < 4.78 is 4.41. The first-order valence-electron chi connectivity index (χ1n) is 2.67. The molecule has 0 aliphatic carbocycles. The largest absolute Gasteiger partial charge is 0.475 e. The van der Waals surface area contributed by atoms with Crippen LogP contribution in [0.4, 0.5) is 0 Å². The van der Waals surface area contributed by atoms with Crippen LogP contribution < -0.4 is 0 Å². The van der Waals surface area contributed by atoms with Crippen LogP contribution in [0.5, 0.6) is 0 Å². The van der Waals surface area contributed by atoms with Crippen molar-refractivity contribution in [3.8, 4) is 0 Å². The van der Waals surface area contributed by atoms with Gasteiger partial charge in [0.25, 0.3) is 0 Å². The summed E-state index contributed by atoms with van der Waals surface area (Å²) in [5.74, 6) is -3.31. The molecule has 0 atom stereocenters. The SMILES string of the molecule is O=[13C](O)[13c]1[13cH][13cH][13c]([13C](=O)O)o1. The Morgan fingerprint density at radius 1 is 1.09 bits per heavy atom. The van der Waals surface area contributed by atoms with Gasteiger partial charge in [-0.3, -0.25) is 0 Å². The van der Waals surface area contributed by atoms with Crippen LogP contribution >= 0.6 is 0 Å². The molecule has 5 nitrogen and oxygen atoms in total. The van der Waals surface area contributed by atoms with Crippen molar-refractivity contribution in [2.75, 3.05) is 0 Å². The molecule has 11 heavy (non-hydrogen) atoms. The molecule has 1 aromatic rings. The zero-order valence-electron chi connectivity index (χ0n) is 5.27. The van der Waals surface area contributed by atoms with Crippen molar-refractivity contribution in [3.63, 3.8) is 0 Å². The molecule has 2 N–H and O–H groups in total. The number of furan rings is 1. The average Bonchev–Trinajstić information content (AvgIpc) is 2.33. The lowest BCUT2D eigenvalue weighted by molar-refractivity contribution is 0.0632. The molecule has 0 unspecified atom stereocenters. The van der Waals surface area contributed by atoms with Crippen molar-refractivity contribution < 1.29 is 24.2 Å². The number of carboxylic acid groups (broad SMARTS) is 2. The number of rotatable bonds is 2. The first-order valence-corrected chi connectivity index (χ1v) is 2.67. The molecular weight excluding hydrogens is 158 g/mol. The van der Waals surface area contributed by atoms with Crippen LogP contribution in [0.15, 0.2) is 16.5 Å². The molecular formula is C6H4O5. The second-order valence-electron chi connectivity index (χ2n) is 1.77. The minimum absolute atomic E-state index is 0.373. The second-order valence-corrected chi connectivity index (χ2v) is 1.77. The molecule has 0 fully saturated rings. The quantitative estimate of drug-likeness (QED) is 0.624. The van der Waals surface area contributed by atoms with Crippen molar-refractivity contribution >= 4 is 11.9 Å². The highest BCUT2D eigenvalue weighted by Crippen LogP contribution is 2.06. The minimum atomic E-state index is -1.28. The molecule has 0 radical (unpaired) electrons. The van der Waals surface area contributed by atoms with Gasteiger partial charge in [-0.2, -0.15) is 0 Å². The van der Waals surface area contributed by atoms with Gasteiger partial charge in [-0.05, 0) is 12.1 Å². The number of hydrogen-bond donors (Lipinski definition) is 2. The third-order valence-corrected chi connectivity index (χ3v) is 1.03. The van der Waals surface area contributed by atoms with Crippen LogP contribution in [0.3, 0.4) is 0 Å². The van der Waals surface area contributed by atoms with Gasteiger partial charge in [-0.25, -0.2) is 9.59 Å². The predicted octanol–water partition coefficient (Wildman–Crippen LogP) is 0.676. The first kappa shape index (κ1) is 7.33. The predicted molar refractivity (Wildman–Crippen MR) is 32.6 cm³/mol. The molecule has 58 valence electrons. The molecule has 1 heterocycles. The Hall–Kier alpha value is -1.78. The summed E-state index contributed by atoms with van der Waals surface area (Å²) in [6.45, 7) is 0. The maximum Gasteiger partial charge on any atom is 0.371 e. The van der Waals surface area contributed by atoms with E-state index in [1.807, 2.05) is 0 Å². The van der Waals surface area contributed by atoms with Gasteiger partial charge in [0.15, 0.2) is 0 Å². The Labute approximate surface area is 60.9 Å². The molecule has 5 heteroatoms. The standard InChI is InChI=1S/C6H4O5/c7-5(8)3-1-2-4(11-3)6(9)10/h1-2H,(H,7,8)(H,9,10)/i1+1,2+1,3+1,4+1,5+1,6+1. The summed E-state index contributed by atoms with van der Waals surface area (Å²) in [5.41, 5.74) is 0. The third kappa shape index (κ3) is 1.37. The molecule has 0 amide bonds. The highest BCUT2D eigenvalue weighted by Gasteiger charge is 2.12. The molecule has 0 saturated heterocycles. The van der Waals surface area contributed by atoms with Crippen LogP contribution in [-0.2, 0) is 0 Å². The van der Waals surface area contributed by atoms with Crippen molar-refractivity contribution in [2.45, 2.75) is 0 Å². The monoisotopic (exact) mass is 162 g/mol. The van der Waals surface area contributed by atoms with E-state index in [4.69, 9.17) is 10.2 Å². The maximum absolute atomic E-state index is 10.2. The van der Waals surface area contributed by atoms with Crippen LogP contribution in [0, 0.1) is 0 Å². The van der Waals surface area contributed by atoms with Crippen molar-refractivity contribution in [3.05, 3.63) is 23.7 Å². The van der Waals surface area contributed by atoms with Crippen LogP contribution in [0.1, 0.15) is 21.1 Å². The number of carboxylic acids is 2. The molecule has 0 saturated carbocycles. The number of carbonyl (C=O) groups is 2.